The monoisotopic (exact) mass is 400 g/mol. The van der Waals surface area contributed by atoms with Crippen LogP contribution in [0.15, 0.2) is 71.8 Å². The summed E-state index contributed by atoms with van der Waals surface area (Å²) < 4.78 is 5.94. The van der Waals surface area contributed by atoms with E-state index in [-0.39, 0.29) is 11.5 Å². The van der Waals surface area contributed by atoms with Gasteiger partial charge in [0.2, 0.25) is 0 Å². The molecule has 2 heterocycles. The van der Waals surface area contributed by atoms with Crippen molar-refractivity contribution in [1.82, 2.24) is 9.97 Å². The molecule has 0 aliphatic carbocycles. The summed E-state index contributed by atoms with van der Waals surface area (Å²) in [5.41, 5.74) is 1.42. The van der Waals surface area contributed by atoms with E-state index in [4.69, 9.17) is 4.74 Å². The Hall–Kier alpha value is -4.13. The summed E-state index contributed by atoms with van der Waals surface area (Å²) in [6.07, 6.45) is 3.15. The van der Waals surface area contributed by atoms with Crippen molar-refractivity contribution in [3.05, 3.63) is 88.5 Å². The van der Waals surface area contributed by atoms with Crippen LogP contribution in [0.3, 0.4) is 0 Å². The van der Waals surface area contributed by atoms with Crippen LogP contribution >= 0.6 is 0 Å². The Labute approximate surface area is 172 Å². The molecule has 0 unspecified atom stereocenters. The van der Waals surface area contributed by atoms with Crippen molar-refractivity contribution in [2.45, 2.75) is 6.92 Å². The van der Waals surface area contributed by atoms with E-state index in [0.717, 1.165) is 10.8 Å². The van der Waals surface area contributed by atoms with Gasteiger partial charge in [-0.1, -0.05) is 12.1 Å². The smallest absolute Gasteiger partial charge is 0.256 e. The second-order valence-electron chi connectivity index (χ2n) is 6.77. The largest absolute Gasteiger partial charge is 0.457 e. The Kier molecular flexibility index (Phi) is 5.17. The second kappa shape index (κ2) is 8.08. The molecule has 0 aliphatic heterocycles. The molecule has 0 saturated carbocycles. The number of ether oxygens (including phenoxy) is 1. The zero-order valence-corrected chi connectivity index (χ0v) is 16.5. The highest BCUT2D eigenvalue weighted by molar-refractivity contribution is 6.13. The van der Waals surface area contributed by atoms with Gasteiger partial charge in [-0.2, -0.15) is 0 Å². The molecule has 0 radical (unpaired) electrons. The number of rotatable bonds is 5. The van der Waals surface area contributed by atoms with Crippen LogP contribution in [0.5, 0.6) is 11.5 Å². The number of nitrogens with zero attached hydrogens (tertiary/aromatic N) is 1. The molecule has 0 atom stereocenters. The van der Waals surface area contributed by atoms with Crippen LogP contribution in [0.25, 0.3) is 10.8 Å². The van der Waals surface area contributed by atoms with E-state index in [2.05, 4.69) is 20.6 Å². The standard InChI is InChI=1S/C23H20N4O3/c1-14-10-16(13-26-22(14)28)27-23(29)20-5-3-4-15-11-17(6-7-19(15)20)30-18-8-9-25-21(12-18)24-2/h3-13H,1-2H3,(H,24,25)(H,26,28)(H,27,29). The third kappa shape index (κ3) is 4.00. The lowest BCUT2D eigenvalue weighted by Crippen LogP contribution is -2.15. The molecule has 0 aliphatic rings. The lowest BCUT2D eigenvalue weighted by Gasteiger charge is -2.11. The number of hydrogen-bond donors (Lipinski definition) is 3. The fraction of sp³-hybridized carbons (Fsp3) is 0.0870. The van der Waals surface area contributed by atoms with Gasteiger partial charge < -0.3 is 20.4 Å². The molecule has 4 rings (SSSR count). The highest BCUT2D eigenvalue weighted by Crippen LogP contribution is 2.28. The molecule has 0 fully saturated rings. The average Bonchev–Trinajstić information content (AvgIpc) is 2.76. The number of benzene rings is 2. The fourth-order valence-electron chi connectivity index (χ4n) is 3.14. The Morgan fingerprint density at radius 1 is 1.07 bits per heavy atom. The van der Waals surface area contributed by atoms with Gasteiger partial charge >= 0.3 is 0 Å². The van der Waals surface area contributed by atoms with Crippen LogP contribution in [0.2, 0.25) is 0 Å². The quantitative estimate of drug-likeness (QED) is 0.464. The van der Waals surface area contributed by atoms with Gasteiger partial charge in [0.15, 0.2) is 0 Å². The first-order chi connectivity index (χ1) is 14.5. The minimum atomic E-state index is -0.256. The second-order valence-corrected chi connectivity index (χ2v) is 6.77. The van der Waals surface area contributed by atoms with Gasteiger partial charge in [0.1, 0.15) is 17.3 Å². The first kappa shape index (κ1) is 19.2. The van der Waals surface area contributed by atoms with Crippen molar-refractivity contribution in [1.29, 1.82) is 0 Å². The number of amides is 1. The number of aromatic nitrogens is 2. The number of aryl methyl sites for hydroxylation is 1. The lowest BCUT2D eigenvalue weighted by atomic mass is 10.0. The molecule has 2 aromatic heterocycles. The molecule has 150 valence electrons. The fourth-order valence-corrected chi connectivity index (χ4v) is 3.14. The molecule has 1 amide bonds. The van der Waals surface area contributed by atoms with Crippen molar-refractivity contribution < 1.29 is 9.53 Å². The van der Waals surface area contributed by atoms with Crippen molar-refractivity contribution in [3.8, 4) is 11.5 Å². The van der Waals surface area contributed by atoms with Crippen LogP contribution in [0.4, 0.5) is 11.5 Å². The number of H-pyrrole nitrogens is 1. The number of carbonyl (C=O) groups is 1. The zero-order chi connectivity index (χ0) is 21.1. The third-order valence-corrected chi connectivity index (χ3v) is 4.67. The number of anilines is 2. The van der Waals surface area contributed by atoms with Gasteiger partial charge in [-0.05, 0) is 54.1 Å². The van der Waals surface area contributed by atoms with Gasteiger partial charge in [0, 0.05) is 36.6 Å². The van der Waals surface area contributed by atoms with Crippen LogP contribution < -0.4 is 20.9 Å². The average molecular weight is 400 g/mol. The van der Waals surface area contributed by atoms with Crippen LogP contribution in [-0.4, -0.2) is 22.9 Å². The summed E-state index contributed by atoms with van der Waals surface area (Å²) in [5, 5.41) is 7.48. The van der Waals surface area contributed by atoms with E-state index in [1.807, 2.05) is 30.3 Å². The third-order valence-electron chi connectivity index (χ3n) is 4.67. The Morgan fingerprint density at radius 2 is 1.90 bits per heavy atom. The van der Waals surface area contributed by atoms with E-state index in [9.17, 15) is 9.59 Å². The first-order valence-corrected chi connectivity index (χ1v) is 9.38. The Morgan fingerprint density at radius 3 is 2.70 bits per heavy atom. The molecular weight excluding hydrogens is 380 g/mol. The number of pyridine rings is 2. The Balaban J connectivity index is 1.61. The van der Waals surface area contributed by atoms with Gasteiger partial charge in [-0.3, -0.25) is 9.59 Å². The van der Waals surface area contributed by atoms with Crippen molar-refractivity contribution in [3.63, 3.8) is 0 Å². The predicted molar refractivity (Wildman–Crippen MR) is 118 cm³/mol. The van der Waals surface area contributed by atoms with Crippen molar-refractivity contribution in [2.24, 2.45) is 0 Å². The molecule has 3 N–H and O–H groups in total. The highest BCUT2D eigenvalue weighted by Gasteiger charge is 2.12. The molecule has 0 spiro atoms. The number of aromatic amines is 1. The summed E-state index contributed by atoms with van der Waals surface area (Å²) in [7, 11) is 1.79. The summed E-state index contributed by atoms with van der Waals surface area (Å²) in [5.74, 6) is 1.78. The number of hydrogen-bond acceptors (Lipinski definition) is 5. The molecule has 7 nitrogen and oxygen atoms in total. The van der Waals surface area contributed by atoms with Crippen molar-refractivity contribution >= 4 is 28.2 Å². The maximum Gasteiger partial charge on any atom is 0.256 e. The zero-order valence-electron chi connectivity index (χ0n) is 16.5. The van der Waals surface area contributed by atoms with Gasteiger partial charge in [0.05, 0.1) is 5.69 Å². The highest BCUT2D eigenvalue weighted by atomic mass is 16.5. The van der Waals surface area contributed by atoms with E-state index >= 15 is 0 Å². The van der Waals surface area contributed by atoms with E-state index in [0.29, 0.717) is 34.1 Å². The summed E-state index contributed by atoms with van der Waals surface area (Å²) in [4.78, 5) is 31.1. The van der Waals surface area contributed by atoms with Crippen LogP contribution in [-0.2, 0) is 0 Å². The lowest BCUT2D eigenvalue weighted by molar-refractivity contribution is 0.102. The molecule has 2 aromatic carbocycles. The molecule has 4 aromatic rings. The topological polar surface area (TPSA) is 96.1 Å². The molecule has 7 heteroatoms. The Bertz CT molecular complexity index is 1300. The van der Waals surface area contributed by atoms with E-state index in [1.54, 1.807) is 44.4 Å². The molecule has 0 saturated heterocycles. The van der Waals surface area contributed by atoms with Crippen LogP contribution in [0.1, 0.15) is 15.9 Å². The number of carbonyl (C=O) groups excluding carboxylic acids is 1. The first-order valence-electron chi connectivity index (χ1n) is 9.38. The van der Waals surface area contributed by atoms with Gasteiger partial charge in [0.25, 0.3) is 11.5 Å². The maximum absolute atomic E-state index is 12.8. The summed E-state index contributed by atoms with van der Waals surface area (Å²) >= 11 is 0. The number of nitrogens with one attached hydrogen (secondary N) is 3. The molecule has 30 heavy (non-hydrogen) atoms. The molecule has 0 bridgehead atoms. The van der Waals surface area contributed by atoms with Crippen molar-refractivity contribution in [2.75, 3.05) is 17.7 Å². The maximum atomic E-state index is 12.8. The normalized spacial score (nSPS) is 10.6. The number of fused-ring (bicyclic) bond motifs is 1. The minimum Gasteiger partial charge on any atom is -0.457 e. The van der Waals surface area contributed by atoms with Gasteiger partial charge in [-0.25, -0.2) is 4.98 Å². The minimum absolute atomic E-state index is 0.179. The summed E-state index contributed by atoms with van der Waals surface area (Å²) in [6, 6.07) is 16.3. The SMILES string of the molecule is CNc1cc(Oc2ccc3c(C(=O)Nc4c[nH]c(=O)c(C)c4)cccc3c2)ccn1. The summed E-state index contributed by atoms with van der Waals surface area (Å²) in [6.45, 7) is 1.69. The van der Waals surface area contributed by atoms with E-state index in [1.165, 1.54) is 6.20 Å². The van der Waals surface area contributed by atoms with Crippen LogP contribution in [0, 0.1) is 6.92 Å². The predicted octanol–water partition coefficient (Wildman–Crippen LogP) is 4.32. The van der Waals surface area contributed by atoms with Gasteiger partial charge in [-0.15, -0.1) is 0 Å². The van der Waals surface area contributed by atoms with E-state index < -0.39 is 0 Å². The molecular formula is C23H20N4O3.